The monoisotopic (exact) mass is 412 g/mol. The molecule has 0 radical (unpaired) electrons. The number of benzene rings is 2. The third kappa shape index (κ3) is 4.28. The lowest BCUT2D eigenvalue weighted by atomic mass is 9.98. The maximum Gasteiger partial charge on any atom is 0.410 e. The zero-order valence-corrected chi connectivity index (χ0v) is 16.5. The van der Waals surface area contributed by atoms with Crippen LogP contribution in [0, 0.1) is 0 Å². The Hall–Kier alpha value is -3.39. The van der Waals surface area contributed by atoms with Gasteiger partial charge in [-0.25, -0.2) is 9.59 Å². The molecule has 2 aromatic rings. The zero-order valence-electron chi connectivity index (χ0n) is 16.5. The van der Waals surface area contributed by atoms with Gasteiger partial charge in [-0.2, -0.15) is 0 Å². The van der Waals surface area contributed by atoms with Crippen molar-refractivity contribution >= 4 is 18.0 Å². The minimum atomic E-state index is -1.09. The van der Waals surface area contributed by atoms with Crippen LogP contribution < -0.4 is 5.73 Å². The summed E-state index contributed by atoms with van der Waals surface area (Å²) in [6, 6.07) is 14.6. The Bertz CT molecular complexity index is 911. The average molecular weight is 412 g/mol. The molecule has 2 aliphatic rings. The molecule has 1 aliphatic carbocycles. The molecule has 2 unspecified atom stereocenters. The van der Waals surface area contributed by atoms with Gasteiger partial charge in [-0.3, -0.25) is 9.69 Å². The summed E-state index contributed by atoms with van der Waals surface area (Å²) in [4.78, 5) is 34.1. The molecule has 1 heterocycles. The highest BCUT2D eigenvalue weighted by atomic mass is 16.6. The first kappa shape index (κ1) is 21.3. The maximum atomic E-state index is 12.5. The Morgan fingerprint density at radius 1 is 1.03 bits per heavy atom. The molecular formula is C22H24N2O6. The van der Waals surface area contributed by atoms with Gasteiger partial charge in [0.2, 0.25) is 0 Å². The van der Waals surface area contributed by atoms with Gasteiger partial charge in [0.1, 0.15) is 12.6 Å². The van der Waals surface area contributed by atoms with Crippen LogP contribution in [0.5, 0.6) is 0 Å². The van der Waals surface area contributed by atoms with E-state index in [2.05, 4.69) is 12.1 Å². The van der Waals surface area contributed by atoms with Crippen molar-refractivity contribution in [3.8, 4) is 11.1 Å². The Labute approximate surface area is 173 Å². The molecule has 0 aromatic heterocycles. The lowest BCUT2D eigenvalue weighted by molar-refractivity contribution is -0.142. The van der Waals surface area contributed by atoms with Crippen LogP contribution in [-0.4, -0.2) is 58.4 Å². The molecule has 2 atom stereocenters. The van der Waals surface area contributed by atoms with Crippen LogP contribution in [0.4, 0.5) is 4.79 Å². The molecule has 30 heavy (non-hydrogen) atoms. The summed E-state index contributed by atoms with van der Waals surface area (Å²) in [5.41, 5.74) is 10.4. The highest BCUT2D eigenvalue weighted by molar-refractivity contribution is 5.82. The van der Waals surface area contributed by atoms with Crippen molar-refractivity contribution in [2.75, 3.05) is 13.2 Å². The largest absolute Gasteiger partial charge is 0.481 e. The molecule has 0 saturated carbocycles. The number of hydrogen-bond acceptors (Lipinski definition) is 5. The quantitative estimate of drug-likeness (QED) is 0.706. The molecule has 158 valence electrons. The van der Waals surface area contributed by atoms with Gasteiger partial charge in [0.15, 0.2) is 0 Å². The molecule has 4 rings (SSSR count). The van der Waals surface area contributed by atoms with Gasteiger partial charge < -0.3 is 20.7 Å². The molecular weight excluding hydrogens is 388 g/mol. The third-order valence-electron chi connectivity index (χ3n) is 5.27. The van der Waals surface area contributed by atoms with Crippen molar-refractivity contribution in [2.45, 2.75) is 31.3 Å². The molecule has 8 heteroatoms. The van der Waals surface area contributed by atoms with Crippen molar-refractivity contribution in [3.05, 3.63) is 59.7 Å². The molecule has 1 amide bonds. The van der Waals surface area contributed by atoms with Crippen molar-refractivity contribution in [1.29, 1.82) is 0 Å². The molecule has 0 bridgehead atoms. The van der Waals surface area contributed by atoms with Crippen LogP contribution in [0.1, 0.15) is 30.4 Å². The number of carbonyl (C=O) groups excluding carboxylic acids is 1. The molecule has 0 spiro atoms. The Kier molecular flexibility index (Phi) is 6.37. The summed E-state index contributed by atoms with van der Waals surface area (Å²) in [5, 5.41) is 16.7. The van der Waals surface area contributed by atoms with E-state index in [1.54, 1.807) is 0 Å². The zero-order chi connectivity index (χ0) is 21.8. The van der Waals surface area contributed by atoms with Crippen LogP contribution in [-0.2, 0) is 14.3 Å². The van der Waals surface area contributed by atoms with Crippen LogP contribution in [0.2, 0.25) is 0 Å². The molecule has 2 aromatic carbocycles. The highest BCUT2D eigenvalue weighted by Gasteiger charge is 2.41. The van der Waals surface area contributed by atoms with Crippen molar-refractivity contribution in [2.24, 2.45) is 5.73 Å². The lowest BCUT2D eigenvalue weighted by Crippen LogP contribution is -2.48. The summed E-state index contributed by atoms with van der Waals surface area (Å²) < 4.78 is 5.52. The first-order valence-corrected chi connectivity index (χ1v) is 9.60. The van der Waals surface area contributed by atoms with Gasteiger partial charge >= 0.3 is 12.1 Å². The number of aliphatic carboxylic acids is 2. The van der Waals surface area contributed by atoms with Gasteiger partial charge in [-0.05, 0) is 28.7 Å². The third-order valence-corrected chi connectivity index (χ3v) is 5.27. The number of likely N-dealkylation sites (tertiary alicyclic amines) is 1. The van der Waals surface area contributed by atoms with Gasteiger partial charge in [0.05, 0.1) is 0 Å². The SMILES string of the molecule is CC(=O)O.NC1CCN(C(=O)OCC2c3ccccc3-c3ccccc32)C1C(=O)O. The summed E-state index contributed by atoms with van der Waals surface area (Å²) in [6.45, 7) is 1.56. The van der Waals surface area contributed by atoms with Crippen molar-refractivity contribution in [1.82, 2.24) is 4.90 Å². The second kappa shape index (κ2) is 8.96. The first-order valence-electron chi connectivity index (χ1n) is 9.60. The molecule has 4 N–H and O–H groups in total. The number of carbonyl (C=O) groups is 3. The fourth-order valence-corrected chi connectivity index (χ4v) is 4.01. The van der Waals surface area contributed by atoms with E-state index >= 15 is 0 Å². The van der Waals surface area contributed by atoms with Crippen molar-refractivity contribution < 1.29 is 29.3 Å². The smallest absolute Gasteiger partial charge is 0.410 e. The van der Waals surface area contributed by atoms with E-state index < -0.39 is 30.1 Å². The number of rotatable bonds is 3. The van der Waals surface area contributed by atoms with Crippen LogP contribution in [0.15, 0.2) is 48.5 Å². The van der Waals surface area contributed by atoms with E-state index in [-0.39, 0.29) is 12.5 Å². The number of ether oxygens (including phenoxy) is 1. The Morgan fingerprint density at radius 3 is 2.03 bits per heavy atom. The van der Waals surface area contributed by atoms with Crippen molar-refractivity contribution in [3.63, 3.8) is 0 Å². The number of fused-ring (bicyclic) bond motifs is 3. The predicted molar refractivity (Wildman–Crippen MR) is 109 cm³/mol. The van der Waals surface area contributed by atoms with Crippen LogP contribution in [0.25, 0.3) is 11.1 Å². The highest BCUT2D eigenvalue weighted by Crippen LogP contribution is 2.44. The van der Waals surface area contributed by atoms with E-state index in [0.29, 0.717) is 13.0 Å². The summed E-state index contributed by atoms with van der Waals surface area (Å²) in [5.74, 6) is -1.98. The standard InChI is InChI=1S/C20H20N2O4.C2H4O2/c21-17-9-10-22(18(17)19(23)24)20(25)26-11-16-14-7-3-1-5-12(14)13-6-2-4-8-15(13)16;1-2(3)4/h1-8,16-18H,9-11,21H2,(H,23,24);1H3,(H,3,4). The first-order chi connectivity index (χ1) is 14.3. The van der Waals surface area contributed by atoms with E-state index in [4.69, 9.17) is 20.4 Å². The number of amides is 1. The van der Waals surface area contributed by atoms with Gasteiger partial charge in [-0.15, -0.1) is 0 Å². The predicted octanol–water partition coefficient (Wildman–Crippen LogP) is 2.51. The summed E-state index contributed by atoms with van der Waals surface area (Å²) >= 11 is 0. The topological polar surface area (TPSA) is 130 Å². The van der Waals surface area contributed by atoms with E-state index in [1.807, 2.05) is 36.4 Å². The molecule has 1 fully saturated rings. The number of carboxylic acids is 2. The van der Waals surface area contributed by atoms with Gasteiger partial charge in [0.25, 0.3) is 5.97 Å². The maximum absolute atomic E-state index is 12.5. The minimum absolute atomic E-state index is 0.0501. The fraction of sp³-hybridized carbons (Fsp3) is 0.318. The Morgan fingerprint density at radius 2 is 1.53 bits per heavy atom. The average Bonchev–Trinajstić information content (AvgIpc) is 3.24. The number of carboxylic acid groups (broad SMARTS) is 2. The number of nitrogens with two attached hydrogens (primary N) is 1. The number of nitrogens with zero attached hydrogens (tertiary/aromatic N) is 1. The van der Waals surface area contributed by atoms with Crippen LogP contribution >= 0.6 is 0 Å². The Balaban J connectivity index is 0.000000589. The van der Waals surface area contributed by atoms with Gasteiger partial charge in [0, 0.05) is 25.4 Å². The second-order valence-corrected chi connectivity index (χ2v) is 7.25. The lowest BCUT2D eigenvalue weighted by Gasteiger charge is -2.23. The summed E-state index contributed by atoms with van der Waals surface area (Å²) in [7, 11) is 0. The normalized spacial score (nSPS) is 19.3. The second-order valence-electron chi connectivity index (χ2n) is 7.25. The van der Waals surface area contributed by atoms with Gasteiger partial charge in [-0.1, -0.05) is 48.5 Å². The van der Waals surface area contributed by atoms with E-state index in [1.165, 1.54) is 4.90 Å². The molecule has 1 aliphatic heterocycles. The summed E-state index contributed by atoms with van der Waals surface area (Å²) in [6.07, 6.45) is -0.159. The van der Waals surface area contributed by atoms with Crippen LogP contribution in [0.3, 0.4) is 0 Å². The van der Waals surface area contributed by atoms with E-state index in [9.17, 15) is 14.7 Å². The molecule has 8 nitrogen and oxygen atoms in total. The minimum Gasteiger partial charge on any atom is -0.481 e. The fourth-order valence-electron chi connectivity index (χ4n) is 4.01. The number of hydrogen-bond donors (Lipinski definition) is 3. The molecule has 1 saturated heterocycles. The van der Waals surface area contributed by atoms with E-state index in [0.717, 1.165) is 29.2 Å².